The summed E-state index contributed by atoms with van der Waals surface area (Å²) in [4.78, 5) is 13.0. The van der Waals surface area contributed by atoms with Crippen molar-refractivity contribution in [1.29, 1.82) is 0 Å². The van der Waals surface area contributed by atoms with E-state index in [9.17, 15) is 13.2 Å². The summed E-state index contributed by atoms with van der Waals surface area (Å²) < 4.78 is 26.6. The minimum Gasteiger partial charge on any atom is -0.478 e. The van der Waals surface area contributed by atoms with E-state index in [0.29, 0.717) is 12.1 Å². The summed E-state index contributed by atoms with van der Waals surface area (Å²) in [6, 6.07) is 4.09. The van der Waals surface area contributed by atoms with E-state index < -0.39 is 16.0 Å². The third kappa shape index (κ3) is 4.29. The second kappa shape index (κ2) is 6.83. The molecule has 0 radical (unpaired) electrons. The van der Waals surface area contributed by atoms with Gasteiger partial charge < -0.3 is 10.0 Å². The standard InChI is InChI=1S/C13H20N2O4S/c1-4-15(3)8-7-14-20(18,19)11-6-5-10(2)12(9-11)13(16)17/h5-6,9,14H,4,7-8H2,1-3H3,(H,16,17). The second-order valence-electron chi connectivity index (χ2n) is 4.58. The molecule has 1 aromatic rings. The van der Waals surface area contributed by atoms with Gasteiger partial charge in [0.25, 0.3) is 0 Å². The lowest BCUT2D eigenvalue weighted by molar-refractivity contribution is 0.0696. The van der Waals surface area contributed by atoms with Crippen LogP contribution in [0.5, 0.6) is 0 Å². The van der Waals surface area contributed by atoms with E-state index >= 15 is 0 Å². The molecule has 1 aromatic carbocycles. The van der Waals surface area contributed by atoms with Gasteiger partial charge in [-0.25, -0.2) is 17.9 Å². The van der Waals surface area contributed by atoms with Gasteiger partial charge in [0.2, 0.25) is 10.0 Å². The number of carboxylic acid groups (broad SMARTS) is 1. The molecule has 0 bridgehead atoms. The molecule has 1 rings (SSSR count). The minimum absolute atomic E-state index is 0.00134. The third-order valence-electron chi connectivity index (χ3n) is 3.08. The van der Waals surface area contributed by atoms with Crippen molar-refractivity contribution in [3.63, 3.8) is 0 Å². The first kappa shape index (κ1) is 16.6. The summed E-state index contributed by atoms with van der Waals surface area (Å²) in [5.74, 6) is -1.13. The number of nitrogens with one attached hydrogen (secondary N) is 1. The number of nitrogens with zero attached hydrogens (tertiary/aromatic N) is 1. The van der Waals surface area contributed by atoms with Crippen molar-refractivity contribution in [2.24, 2.45) is 0 Å². The summed E-state index contributed by atoms with van der Waals surface area (Å²) in [5, 5.41) is 9.01. The Morgan fingerprint density at radius 1 is 1.40 bits per heavy atom. The summed E-state index contributed by atoms with van der Waals surface area (Å²) in [5.41, 5.74) is 0.528. The number of sulfonamides is 1. The van der Waals surface area contributed by atoms with Gasteiger partial charge in [-0.3, -0.25) is 0 Å². The maximum atomic E-state index is 12.1. The molecule has 0 saturated carbocycles. The molecule has 7 heteroatoms. The first-order chi connectivity index (χ1) is 9.27. The van der Waals surface area contributed by atoms with Crippen LogP contribution < -0.4 is 4.72 Å². The normalized spacial score (nSPS) is 11.8. The molecule has 0 fully saturated rings. The van der Waals surface area contributed by atoms with Crippen molar-refractivity contribution >= 4 is 16.0 Å². The minimum atomic E-state index is -3.68. The van der Waals surface area contributed by atoms with Crippen molar-refractivity contribution < 1.29 is 18.3 Å². The number of carboxylic acids is 1. The Bertz CT molecular complexity index is 584. The number of aromatic carboxylic acids is 1. The van der Waals surface area contributed by atoms with Gasteiger partial charge in [-0.05, 0) is 38.2 Å². The summed E-state index contributed by atoms with van der Waals surface area (Å²) in [7, 11) is -1.79. The molecule has 0 aliphatic carbocycles. The van der Waals surface area contributed by atoms with Crippen LogP contribution in [-0.4, -0.2) is 51.1 Å². The quantitative estimate of drug-likeness (QED) is 0.782. The first-order valence-corrected chi connectivity index (χ1v) is 7.78. The van der Waals surface area contributed by atoms with Gasteiger partial charge in [0.05, 0.1) is 10.5 Å². The van der Waals surface area contributed by atoms with E-state index in [2.05, 4.69) is 4.72 Å². The fourth-order valence-corrected chi connectivity index (χ4v) is 2.66. The van der Waals surface area contributed by atoms with Crippen LogP contribution in [0.15, 0.2) is 23.1 Å². The molecule has 0 atom stereocenters. The monoisotopic (exact) mass is 300 g/mol. The molecule has 0 aromatic heterocycles. The molecule has 2 N–H and O–H groups in total. The Kier molecular flexibility index (Phi) is 5.67. The lowest BCUT2D eigenvalue weighted by Gasteiger charge is -2.14. The number of likely N-dealkylation sites (N-methyl/N-ethyl adjacent to an activating group) is 1. The van der Waals surface area contributed by atoms with Gasteiger partial charge in [0.15, 0.2) is 0 Å². The van der Waals surface area contributed by atoms with Gasteiger partial charge in [-0.15, -0.1) is 0 Å². The fraction of sp³-hybridized carbons (Fsp3) is 0.462. The molecule has 0 spiro atoms. The Balaban J connectivity index is 2.88. The predicted molar refractivity (Wildman–Crippen MR) is 76.5 cm³/mol. The van der Waals surface area contributed by atoms with Crippen molar-refractivity contribution in [3.05, 3.63) is 29.3 Å². The zero-order chi connectivity index (χ0) is 15.3. The highest BCUT2D eigenvalue weighted by atomic mass is 32.2. The molecule has 0 unspecified atom stereocenters. The number of aryl methyl sites for hydroxylation is 1. The molecule has 0 aliphatic heterocycles. The average Bonchev–Trinajstić information content (AvgIpc) is 2.38. The number of carbonyl (C=O) groups is 1. The fourth-order valence-electron chi connectivity index (χ4n) is 1.61. The molecule has 112 valence electrons. The Labute approximate surface area is 119 Å². The van der Waals surface area contributed by atoms with Crippen LogP contribution in [-0.2, 0) is 10.0 Å². The Hall–Kier alpha value is -1.44. The second-order valence-corrected chi connectivity index (χ2v) is 6.34. The van der Waals surface area contributed by atoms with E-state index in [1.54, 1.807) is 6.92 Å². The molecule has 0 aliphatic rings. The van der Waals surface area contributed by atoms with Crippen LogP contribution in [0.4, 0.5) is 0 Å². The van der Waals surface area contributed by atoms with Crippen LogP contribution >= 0.6 is 0 Å². The molecule has 0 amide bonds. The lowest BCUT2D eigenvalue weighted by Crippen LogP contribution is -2.33. The van der Waals surface area contributed by atoms with E-state index in [-0.39, 0.29) is 17.0 Å². The van der Waals surface area contributed by atoms with E-state index in [1.807, 2.05) is 18.9 Å². The number of hydrogen-bond acceptors (Lipinski definition) is 4. The topological polar surface area (TPSA) is 86.7 Å². The highest BCUT2D eigenvalue weighted by Crippen LogP contribution is 2.15. The van der Waals surface area contributed by atoms with E-state index in [4.69, 9.17) is 5.11 Å². The van der Waals surface area contributed by atoms with Gasteiger partial charge in [0.1, 0.15) is 0 Å². The Morgan fingerprint density at radius 3 is 2.60 bits per heavy atom. The van der Waals surface area contributed by atoms with Gasteiger partial charge in [0, 0.05) is 13.1 Å². The summed E-state index contributed by atoms with van der Waals surface area (Å²) in [6.45, 7) is 5.31. The van der Waals surface area contributed by atoms with E-state index in [1.165, 1.54) is 18.2 Å². The smallest absolute Gasteiger partial charge is 0.335 e. The van der Waals surface area contributed by atoms with Crippen LogP contribution in [0.1, 0.15) is 22.8 Å². The SMILES string of the molecule is CCN(C)CCNS(=O)(=O)c1ccc(C)c(C(=O)O)c1. The van der Waals surface area contributed by atoms with E-state index in [0.717, 1.165) is 6.54 Å². The number of hydrogen-bond donors (Lipinski definition) is 2. The average molecular weight is 300 g/mol. The van der Waals surface area contributed by atoms with Crippen LogP contribution in [0.3, 0.4) is 0 Å². The number of benzene rings is 1. The van der Waals surface area contributed by atoms with Gasteiger partial charge in [-0.1, -0.05) is 13.0 Å². The Morgan fingerprint density at radius 2 is 2.05 bits per heavy atom. The van der Waals surface area contributed by atoms with Gasteiger partial charge in [-0.2, -0.15) is 0 Å². The lowest BCUT2D eigenvalue weighted by atomic mass is 10.1. The van der Waals surface area contributed by atoms with Crippen molar-refractivity contribution in [2.75, 3.05) is 26.7 Å². The predicted octanol–water partition coefficient (Wildman–Crippen LogP) is 0.923. The summed E-state index contributed by atoms with van der Waals surface area (Å²) in [6.07, 6.45) is 0. The molecule has 0 heterocycles. The van der Waals surface area contributed by atoms with Crippen molar-refractivity contribution in [2.45, 2.75) is 18.7 Å². The maximum absolute atomic E-state index is 12.1. The molecular weight excluding hydrogens is 280 g/mol. The first-order valence-electron chi connectivity index (χ1n) is 6.30. The maximum Gasteiger partial charge on any atom is 0.335 e. The zero-order valence-electron chi connectivity index (χ0n) is 11.9. The highest BCUT2D eigenvalue weighted by molar-refractivity contribution is 7.89. The van der Waals surface area contributed by atoms with Crippen LogP contribution in [0.2, 0.25) is 0 Å². The van der Waals surface area contributed by atoms with Crippen LogP contribution in [0, 0.1) is 6.92 Å². The molecular formula is C13H20N2O4S. The van der Waals surface area contributed by atoms with Crippen LogP contribution in [0.25, 0.3) is 0 Å². The summed E-state index contributed by atoms with van der Waals surface area (Å²) >= 11 is 0. The number of rotatable bonds is 7. The van der Waals surface area contributed by atoms with Crippen molar-refractivity contribution in [3.8, 4) is 0 Å². The largest absolute Gasteiger partial charge is 0.478 e. The zero-order valence-corrected chi connectivity index (χ0v) is 12.7. The highest BCUT2D eigenvalue weighted by Gasteiger charge is 2.17. The molecule has 6 nitrogen and oxygen atoms in total. The third-order valence-corrected chi connectivity index (χ3v) is 4.53. The molecule has 0 saturated heterocycles. The van der Waals surface area contributed by atoms with Gasteiger partial charge >= 0.3 is 5.97 Å². The van der Waals surface area contributed by atoms with Crippen molar-refractivity contribution in [1.82, 2.24) is 9.62 Å². The molecule has 20 heavy (non-hydrogen) atoms.